The zero-order valence-electron chi connectivity index (χ0n) is 15.0. The minimum absolute atomic E-state index is 0.293. The number of unbranched alkanes of at least 4 members (excludes halogenated alkanes) is 4. The third-order valence-corrected chi connectivity index (χ3v) is 3.42. The van der Waals surface area contributed by atoms with Crippen molar-refractivity contribution in [2.75, 3.05) is 13.2 Å². The molecule has 1 heteroatoms. The van der Waals surface area contributed by atoms with Gasteiger partial charge in [-0.1, -0.05) is 90.6 Å². The highest BCUT2D eigenvalue weighted by Gasteiger charge is 2.11. The summed E-state index contributed by atoms with van der Waals surface area (Å²) in [6.45, 7) is 13.1. The normalized spacial score (nSPS) is 10.9. The lowest BCUT2D eigenvalue weighted by molar-refractivity contribution is 0.126. The molecule has 0 heterocycles. The Morgan fingerprint density at radius 3 is 1.57 bits per heavy atom. The Morgan fingerprint density at radius 2 is 1.24 bits per heavy atom. The lowest BCUT2D eigenvalue weighted by Gasteiger charge is -2.18. The fourth-order valence-electron chi connectivity index (χ4n) is 1.95. The third kappa shape index (κ3) is 12.6. The predicted molar refractivity (Wildman–Crippen MR) is 95.0 cm³/mol. The average Bonchev–Trinajstić information content (AvgIpc) is 2.47. The molecule has 0 aliphatic rings. The van der Waals surface area contributed by atoms with Gasteiger partial charge in [0.1, 0.15) is 0 Å². The molecule has 0 N–H and O–H groups in total. The van der Waals surface area contributed by atoms with Gasteiger partial charge >= 0.3 is 0 Å². The molecule has 1 aromatic rings. The Morgan fingerprint density at radius 1 is 0.762 bits per heavy atom. The van der Waals surface area contributed by atoms with Crippen molar-refractivity contribution in [1.82, 2.24) is 0 Å². The van der Waals surface area contributed by atoms with Gasteiger partial charge in [0, 0.05) is 13.2 Å². The second kappa shape index (κ2) is 12.9. The maximum Gasteiger partial charge on any atom is 0.0466 e. The standard InChI is InChI=1S/C10H22O.C10H14/c1-3-5-7-9-11-10-8-6-4-2;1-10(2,3)9-7-5-4-6-8-9/h3-10H2,1-2H3;4-8H,1-3H3. The molecule has 0 saturated carbocycles. The molecule has 0 unspecified atom stereocenters. The van der Waals surface area contributed by atoms with Gasteiger partial charge in [0.15, 0.2) is 0 Å². The molecular formula is C20H36O. The summed E-state index contributed by atoms with van der Waals surface area (Å²) in [4.78, 5) is 0. The van der Waals surface area contributed by atoms with E-state index in [1.165, 1.54) is 44.1 Å². The minimum Gasteiger partial charge on any atom is -0.381 e. The molecule has 0 saturated heterocycles. The summed E-state index contributed by atoms with van der Waals surface area (Å²) in [5.74, 6) is 0. The van der Waals surface area contributed by atoms with Gasteiger partial charge in [-0.2, -0.15) is 0 Å². The first kappa shape index (κ1) is 20.2. The van der Waals surface area contributed by atoms with E-state index in [1.807, 2.05) is 0 Å². The van der Waals surface area contributed by atoms with Gasteiger partial charge in [0.2, 0.25) is 0 Å². The number of rotatable bonds is 8. The van der Waals surface area contributed by atoms with Crippen molar-refractivity contribution in [3.8, 4) is 0 Å². The fraction of sp³-hybridized carbons (Fsp3) is 0.700. The van der Waals surface area contributed by atoms with Crippen molar-refractivity contribution in [3.63, 3.8) is 0 Å². The van der Waals surface area contributed by atoms with Crippen molar-refractivity contribution in [3.05, 3.63) is 35.9 Å². The number of hydrogen-bond acceptors (Lipinski definition) is 1. The van der Waals surface area contributed by atoms with Gasteiger partial charge < -0.3 is 4.74 Å². The molecule has 0 aromatic heterocycles. The van der Waals surface area contributed by atoms with E-state index in [0.717, 1.165) is 13.2 Å². The number of hydrogen-bond donors (Lipinski definition) is 0. The molecule has 1 nitrogen and oxygen atoms in total. The van der Waals surface area contributed by atoms with Crippen molar-refractivity contribution in [2.45, 2.75) is 78.6 Å². The van der Waals surface area contributed by atoms with Crippen LogP contribution in [0, 0.1) is 0 Å². The van der Waals surface area contributed by atoms with Gasteiger partial charge in [-0.25, -0.2) is 0 Å². The van der Waals surface area contributed by atoms with Crippen LogP contribution in [0.25, 0.3) is 0 Å². The van der Waals surface area contributed by atoms with Crippen LogP contribution in [0.3, 0.4) is 0 Å². The molecule has 122 valence electrons. The number of ether oxygens (including phenoxy) is 1. The van der Waals surface area contributed by atoms with E-state index in [-0.39, 0.29) is 0 Å². The first-order valence-corrected chi connectivity index (χ1v) is 8.65. The quantitative estimate of drug-likeness (QED) is 0.506. The zero-order chi connectivity index (χ0) is 16.0. The Labute approximate surface area is 133 Å². The molecule has 0 aliphatic carbocycles. The second-order valence-electron chi connectivity index (χ2n) is 6.64. The van der Waals surface area contributed by atoms with Crippen LogP contribution in [0.15, 0.2) is 30.3 Å². The van der Waals surface area contributed by atoms with Crippen molar-refractivity contribution in [1.29, 1.82) is 0 Å². The van der Waals surface area contributed by atoms with Crippen LogP contribution in [-0.2, 0) is 10.2 Å². The molecule has 0 spiro atoms. The monoisotopic (exact) mass is 292 g/mol. The second-order valence-corrected chi connectivity index (χ2v) is 6.64. The highest BCUT2D eigenvalue weighted by Crippen LogP contribution is 2.20. The van der Waals surface area contributed by atoms with Gasteiger partial charge in [-0.05, 0) is 23.8 Å². The Hall–Kier alpha value is -0.820. The van der Waals surface area contributed by atoms with E-state index < -0.39 is 0 Å². The van der Waals surface area contributed by atoms with Crippen molar-refractivity contribution in [2.24, 2.45) is 0 Å². The van der Waals surface area contributed by atoms with Crippen LogP contribution in [0.4, 0.5) is 0 Å². The minimum atomic E-state index is 0.293. The van der Waals surface area contributed by atoms with Crippen LogP contribution < -0.4 is 0 Å². The molecule has 0 fully saturated rings. The molecule has 1 aromatic carbocycles. The maximum absolute atomic E-state index is 5.44. The Bertz CT molecular complexity index is 302. The predicted octanol–water partition coefficient (Wildman–Crippen LogP) is 6.37. The molecule has 0 aliphatic heterocycles. The summed E-state index contributed by atoms with van der Waals surface area (Å²) in [5, 5.41) is 0. The van der Waals surface area contributed by atoms with E-state index in [2.05, 4.69) is 65.0 Å². The lowest BCUT2D eigenvalue weighted by atomic mass is 9.87. The molecule has 1 rings (SSSR count). The molecular weight excluding hydrogens is 256 g/mol. The smallest absolute Gasteiger partial charge is 0.0466 e. The molecule has 0 atom stereocenters. The largest absolute Gasteiger partial charge is 0.381 e. The summed E-state index contributed by atoms with van der Waals surface area (Å²) in [5.41, 5.74) is 1.69. The summed E-state index contributed by atoms with van der Waals surface area (Å²) >= 11 is 0. The van der Waals surface area contributed by atoms with Gasteiger partial charge in [0.05, 0.1) is 0 Å². The third-order valence-electron chi connectivity index (χ3n) is 3.42. The highest BCUT2D eigenvalue weighted by atomic mass is 16.5. The van der Waals surface area contributed by atoms with Crippen LogP contribution in [0.1, 0.15) is 78.7 Å². The van der Waals surface area contributed by atoms with E-state index >= 15 is 0 Å². The lowest BCUT2D eigenvalue weighted by Crippen LogP contribution is -2.10. The zero-order valence-corrected chi connectivity index (χ0v) is 15.0. The van der Waals surface area contributed by atoms with Crippen LogP contribution in [-0.4, -0.2) is 13.2 Å². The first-order valence-electron chi connectivity index (χ1n) is 8.65. The van der Waals surface area contributed by atoms with Gasteiger partial charge in [-0.3, -0.25) is 0 Å². The molecule has 0 amide bonds. The highest BCUT2D eigenvalue weighted by molar-refractivity contribution is 5.21. The summed E-state index contributed by atoms with van der Waals surface area (Å²) in [6.07, 6.45) is 7.68. The van der Waals surface area contributed by atoms with E-state index in [1.54, 1.807) is 0 Å². The SMILES string of the molecule is CC(C)(C)c1ccccc1.CCCCCOCCCCC. The average molecular weight is 293 g/mol. The topological polar surface area (TPSA) is 9.23 Å². The van der Waals surface area contributed by atoms with Crippen molar-refractivity contribution < 1.29 is 4.74 Å². The molecule has 21 heavy (non-hydrogen) atoms. The van der Waals surface area contributed by atoms with Crippen LogP contribution >= 0.6 is 0 Å². The van der Waals surface area contributed by atoms with Crippen LogP contribution in [0.2, 0.25) is 0 Å². The van der Waals surface area contributed by atoms with Crippen molar-refractivity contribution >= 4 is 0 Å². The molecule has 0 radical (unpaired) electrons. The van der Waals surface area contributed by atoms with Crippen LogP contribution in [0.5, 0.6) is 0 Å². The Balaban J connectivity index is 0.000000382. The van der Waals surface area contributed by atoms with E-state index in [0.29, 0.717) is 5.41 Å². The van der Waals surface area contributed by atoms with E-state index in [9.17, 15) is 0 Å². The summed E-state index contributed by atoms with van der Waals surface area (Å²) < 4.78 is 5.44. The summed E-state index contributed by atoms with van der Waals surface area (Å²) in [6, 6.07) is 10.6. The maximum atomic E-state index is 5.44. The first-order chi connectivity index (χ1) is 10.0. The van der Waals surface area contributed by atoms with Gasteiger partial charge in [-0.15, -0.1) is 0 Å². The van der Waals surface area contributed by atoms with E-state index in [4.69, 9.17) is 4.74 Å². The summed E-state index contributed by atoms with van der Waals surface area (Å²) in [7, 11) is 0. The number of benzene rings is 1. The molecule has 0 bridgehead atoms. The Kier molecular flexibility index (Phi) is 12.4. The fourth-order valence-corrected chi connectivity index (χ4v) is 1.95. The van der Waals surface area contributed by atoms with Gasteiger partial charge in [0.25, 0.3) is 0 Å².